The zero-order valence-corrected chi connectivity index (χ0v) is 12.5. The van der Waals surface area contributed by atoms with Crippen LogP contribution < -0.4 is 10.2 Å². The van der Waals surface area contributed by atoms with E-state index in [9.17, 15) is 4.39 Å². The van der Waals surface area contributed by atoms with Gasteiger partial charge in [-0.25, -0.2) is 4.39 Å². The van der Waals surface area contributed by atoms with Crippen molar-refractivity contribution in [2.24, 2.45) is 0 Å². The first-order valence-corrected chi connectivity index (χ1v) is 6.77. The van der Waals surface area contributed by atoms with E-state index in [0.29, 0.717) is 12.3 Å². The van der Waals surface area contributed by atoms with Crippen molar-refractivity contribution in [3.63, 3.8) is 0 Å². The van der Waals surface area contributed by atoms with Gasteiger partial charge in [-0.15, -0.1) is 0 Å². The van der Waals surface area contributed by atoms with Crippen LogP contribution in [0.25, 0.3) is 0 Å². The van der Waals surface area contributed by atoms with Crippen molar-refractivity contribution in [1.82, 2.24) is 0 Å². The first-order valence-electron chi connectivity index (χ1n) is 6.77. The Labute approximate surface area is 115 Å². The second kappa shape index (κ2) is 7.34. The number of nitrogens with one attached hydrogen (secondary N) is 1. The van der Waals surface area contributed by atoms with Crippen molar-refractivity contribution in [3.8, 4) is 0 Å². The molecular formula is C15H25FN2O. The lowest BCUT2D eigenvalue weighted by Crippen LogP contribution is -2.27. The summed E-state index contributed by atoms with van der Waals surface area (Å²) < 4.78 is 19.2. The molecule has 0 amide bonds. The monoisotopic (exact) mass is 268 g/mol. The molecule has 1 atom stereocenters. The summed E-state index contributed by atoms with van der Waals surface area (Å²) in [5.41, 5.74) is 1.42. The standard InChI is InChI=1S/C15H25FN2O/c1-6-12(10-19-5)17-13-7-8-15(14(16)9-13)18(4)11(2)3/h7-9,11-12,17H,6,10H2,1-5H3. The van der Waals surface area contributed by atoms with Gasteiger partial charge >= 0.3 is 0 Å². The summed E-state index contributed by atoms with van der Waals surface area (Å²) in [6.45, 7) is 6.77. The number of rotatable bonds is 7. The quantitative estimate of drug-likeness (QED) is 0.819. The molecule has 19 heavy (non-hydrogen) atoms. The number of nitrogens with zero attached hydrogens (tertiary/aromatic N) is 1. The van der Waals surface area contributed by atoms with Crippen molar-refractivity contribution >= 4 is 11.4 Å². The predicted octanol–water partition coefficient (Wildman–Crippen LogP) is 3.51. The predicted molar refractivity (Wildman–Crippen MR) is 79.5 cm³/mol. The highest BCUT2D eigenvalue weighted by Crippen LogP contribution is 2.24. The van der Waals surface area contributed by atoms with Crippen LogP contribution in [-0.2, 0) is 4.74 Å². The number of halogens is 1. The summed E-state index contributed by atoms with van der Waals surface area (Å²) in [6, 6.07) is 5.75. The number of hydrogen-bond acceptors (Lipinski definition) is 3. The van der Waals surface area contributed by atoms with Crippen molar-refractivity contribution in [2.45, 2.75) is 39.3 Å². The minimum absolute atomic E-state index is 0.200. The van der Waals surface area contributed by atoms with Gasteiger partial charge in [-0.2, -0.15) is 0 Å². The van der Waals surface area contributed by atoms with Gasteiger partial charge in [0, 0.05) is 31.9 Å². The first-order chi connectivity index (χ1) is 8.99. The summed E-state index contributed by atoms with van der Waals surface area (Å²) in [5, 5.41) is 3.28. The van der Waals surface area contributed by atoms with Crippen LogP contribution in [-0.4, -0.2) is 32.8 Å². The van der Waals surface area contributed by atoms with Crippen molar-refractivity contribution < 1.29 is 9.13 Å². The van der Waals surface area contributed by atoms with Crippen molar-refractivity contribution in [1.29, 1.82) is 0 Å². The zero-order valence-electron chi connectivity index (χ0n) is 12.5. The fourth-order valence-corrected chi connectivity index (χ4v) is 1.86. The lowest BCUT2D eigenvalue weighted by molar-refractivity contribution is 0.184. The molecule has 0 fully saturated rings. The molecule has 1 unspecified atom stereocenters. The Morgan fingerprint density at radius 2 is 2.05 bits per heavy atom. The Kier molecular flexibility index (Phi) is 6.09. The molecule has 0 saturated carbocycles. The molecule has 3 nitrogen and oxygen atoms in total. The van der Waals surface area contributed by atoms with E-state index >= 15 is 0 Å². The second-order valence-corrected chi connectivity index (χ2v) is 5.08. The van der Waals surface area contributed by atoms with Crippen molar-refractivity contribution in [2.75, 3.05) is 31.0 Å². The summed E-state index contributed by atoms with van der Waals surface area (Å²) in [6.07, 6.45) is 0.934. The number of ether oxygens (including phenoxy) is 1. The largest absolute Gasteiger partial charge is 0.383 e. The molecule has 108 valence electrons. The number of methoxy groups -OCH3 is 1. The minimum atomic E-state index is -0.200. The Morgan fingerprint density at radius 1 is 1.37 bits per heavy atom. The average Bonchev–Trinajstić information content (AvgIpc) is 2.37. The maximum atomic E-state index is 14.1. The maximum absolute atomic E-state index is 14.1. The van der Waals surface area contributed by atoms with Gasteiger partial charge in [-0.1, -0.05) is 6.92 Å². The third-order valence-electron chi connectivity index (χ3n) is 3.33. The summed E-state index contributed by atoms with van der Waals surface area (Å²) in [7, 11) is 3.57. The van der Waals surface area contributed by atoms with Crippen LogP contribution in [0.1, 0.15) is 27.2 Å². The molecule has 0 radical (unpaired) electrons. The molecule has 0 spiro atoms. The molecular weight excluding hydrogens is 243 g/mol. The molecule has 1 aromatic carbocycles. The van der Waals surface area contributed by atoms with Gasteiger partial charge in [0.05, 0.1) is 12.3 Å². The molecule has 0 aromatic heterocycles. The molecule has 0 aliphatic heterocycles. The molecule has 0 saturated heterocycles. The molecule has 1 rings (SSSR count). The normalized spacial score (nSPS) is 12.6. The summed E-state index contributed by atoms with van der Waals surface area (Å²) in [4.78, 5) is 1.92. The fraction of sp³-hybridized carbons (Fsp3) is 0.600. The van der Waals surface area contributed by atoms with Crippen LogP contribution in [0.15, 0.2) is 18.2 Å². The smallest absolute Gasteiger partial charge is 0.148 e. The van der Waals surface area contributed by atoms with E-state index < -0.39 is 0 Å². The number of anilines is 2. The van der Waals surface area contributed by atoms with Gasteiger partial charge in [0.15, 0.2) is 0 Å². The lowest BCUT2D eigenvalue weighted by atomic mass is 10.2. The summed E-state index contributed by atoms with van der Waals surface area (Å²) >= 11 is 0. The van der Waals surface area contributed by atoms with Crippen LogP contribution in [0.5, 0.6) is 0 Å². The summed E-state index contributed by atoms with van der Waals surface area (Å²) in [5.74, 6) is -0.200. The molecule has 0 aliphatic carbocycles. The third kappa shape index (κ3) is 4.39. The number of hydrogen-bond donors (Lipinski definition) is 1. The highest BCUT2D eigenvalue weighted by molar-refractivity contribution is 5.56. The minimum Gasteiger partial charge on any atom is -0.383 e. The van der Waals surface area contributed by atoms with E-state index in [1.54, 1.807) is 13.2 Å². The highest BCUT2D eigenvalue weighted by atomic mass is 19.1. The van der Waals surface area contributed by atoms with Crippen LogP contribution in [0.3, 0.4) is 0 Å². The molecule has 1 N–H and O–H groups in total. The van der Waals surface area contributed by atoms with Gasteiger partial charge in [0.1, 0.15) is 5.82 Å². The topological polar surface area (TPSA) is 24.5 Å². The second-order valence-electron chi connectivity index (χ2n) is 5.08. The Bertz CT molecular complexity index is 396. The Hall–Kier alpha value is -1.29. The SMILES string of the molecule is CCC(COC)Nc1ccc(N(C)C(C)C)c(F)c1. The van der Waals surface area contributed by atoms with E-state index in [4.69, 9.17) is 4.74 Å². The number of benzene rings is 1. The van der Waals surface area contributed by atoms with Crippen LogP contribution in [0, 0.1) is 5.82 Å². The Morgan fingerprint density at radius 3 is 2.53 bits per heavy atom. The maximum Gasteiger partial charge on any atom is 0.148 e. The average molecular weight is 268 g/mol. The van der Waals surface area contributed by atoms with E-state index in [0.717, 1.165) is 12.1 Å². The lowest BCUT2D eigenvalue weighted by Gasteiger charge is -2.25. The molecule has 0 aliphatic rings. The van der Waals surface area contributed by atoms with Crippen molar-refractivity contribution in [3.05, 3.63) is 24.0 Å². The molecule has 4 heteroatoms. The fourth-order valence-electron chi connectivity index (χ4n) is 1.86. The van der Waals surface area contributed by atoms with E-state index in [1.165, 1.54) is 0 Å². The molecule has 0 bridgehead atoms. The highest BCUT2D eigenvalue weighted by Gasteiger charge is 2.12. The van der Waals surface area contributed by atoms with E-state index in [2.05, 4.69) is 12.2 Å². The van der Waals surface area contributed by atoms with Gasteiger partial charge in [0.2, 0.25) is 0 Å². The van der Waals surface area contributed by atoms with Gasteiger partial charge in [0.25, 0.3) is 0 Å². The van der Waals surface area contributed by atoms with Crippen LogP contribution >= 0.6 is 0 Å². The van der Waals surface area contributed by atoms with Crippen LogP contribution in [0.2, 0.25) is 0 Å². The van der Waals surface area contributed by atoms with E-state index in [-0.39, 0.29) is 17.9 Å². The van der Waals surface area contributed by atoms with Gasteiger partial charge in [-0.3, -0.25) is 0 Å². The third-order valence-corrected chi connectivity index (χ3v) is 3.33. The molecule has 0 heterocycles. The zero-order chi connectivity index (χ0) is 14.4. The van der Waals surface area contributed by atoms with Crippen LogP contribution in [0.4, 0.5) is 15.8 Å². The van der Waals surface area contributed by atoms with Gasteiger partial charge < -0.3 is 15.0 Å². The van der Waals surface area contributed by atoms with E-state index in [1.807, 2.05) is 37.9 Å². The molecule has 1 aromatic rings. The Balaban J connectivity index is 2.81. The first kappa shape index (κ1) is 15.8. The van der Waals surface area contributed by atoms with Gasteiger partial charge in [-0.05, 0) is 38.5 Å².